The van der Waals surface area contributed by atoms with Gasteiger partial charge in [-0.25, -0.2) is 4.79 Å². The maximum Gasteiger partial charge on any atom is 0.333 e. The van der Waals surface area contributed by atoms with E-state index in [-0.39, 0.29) is 5.97 Å². The third kappa shape index (κ3) is 5.42. The molecule has 0 fully saturated rings. The summed E-state index contributed by atoms with van der Waals surface area (Å²) >= 11 is 0. The number of ether oxygens (including phenoxy) is 2. The molecule has 102 valence electrons. The molecule has 0 aliphatic carbocycles. The smallest absolute Gasteiger partial charge is 0.333 e. The van der Waals surface area contributed by atoms with E-state index < -0.39 is 0 Å². The van der Waals surface area contributed by atoms with Crippen molar-refractivity contribution < 1.29 is 14.3 Å². The molecule has 0 atom stereocenters. The van der Waals surface area contributed by atoms with Crippen LogP contribution in [-0.2, 0) is 9.53 Å². The van der Waals surface area contributed by atoms with Gasteiger partial charge >= 0.3 is 5.97 Å². The van der Waals surface area contributed by atoms with Gasteiger partial charge < -0.3 is 9.47 Å². The normalized spacial score (nSPS) is 11.6. The first kappa shape index (κ1) is 15.0. The van der Waals surface area contributed by atoms with E-state index in [1.54, 1.807) is 19.9 Å². The van der Waals surface area contributed by atoms with Crippen LogP contribution >= 0.6 is 0 Å². The molecule has 0 aromatic heterocycles. The number of hydrogen-bond acceptors (Lipinski definition) is 3. The molecule has 1 rings (SSSR count). The van der Waals surface area contributed by atoms with Crippen LogP contribution in [0, 0.1) is 0 Å². The molecular weight excluding hydrogens is 240 g/mol. The molecule has 3 nitrogen and oxygen atoms in total. The van der Waals surface area contributed by atoms with E-state index in [0.29, 0.717) is 18.8 Å². The Bertz CT molecular complexity index is 455. The minimum Gasteiger partial charge on any atom is -0.490 e. The lowest BCUT2D eigenvalue weighted by molar-refractivity contribution is -0.138. The Balaban J connectivity index is 2.65. The number of rotatable bonds is 6. The summed E-state index contributed by atoms with van der Waals surface area (Å²) in [7, 11) is 0. The third-order valence-corrected chi connectivity index (χ3v) is 2.44. The first-order chi connectivity index (χ1) is 9.17. The molecule has 0 saturated carbocycles. The maximum atomic E-state index is 11.5. The van der Waals surface area contributed by atoms with Crippen LogP contribution in [-0.4, -0.2) is 19.2 Å². The zero-order chi connectivity index (χ0) is 14.1. The van der Waals surface area contributed by atoms with Gasteiger partial charge in [-0.05, 0) is 44.5 Å². The Hall–Kier alpha value is -2.03. The number of carbonyl (C=O) groups is 1. The van der Waals surface area contributed by atoms with E-state index in [9.17, 15) is 4.79 Å². The summed E-state index contributed by atoms with van der Waals surface area (Å²) in [6.45, 7) is 6.45. The first-order valence-electron chi connectivity index (χ1n) is 6.36. The molecule has 0 bridgehead atoms. The number of esters is 1. The van der Waals surface area contributed by atoms with Crippen molar-refractivity contribution in [3.63, 3.8) is 0 Å². The monoisotopic (exact) mass is 260 g/mol. The van der Waals surface area contributed by atoms with Gasteiger partial charge in [0, 0.05) is 5.57 Å². The van der Waals surface area contributed by atoms with E-state index in [2.05, 4.69) is 0 Å². The fourth-order valence-corrected chi connectivity index (χ4v) is 1.45. The number of allylic oxidation sites excluding steroid dienone is 1. The Morgan fingerprint density at radius 3 is 2.53 bits per heavy atom. The van der Waals surface area contributed by atoms with E-state index in [1.807, 2.05) is 43.3 Å². The highest BCUT2D eigenvalue weighted by molar-refractivity contribution is 5.92. The highest BCUT2D eigenvalue weighted by Gasteiger charge is 2.04. The van der Waals surface area contributed by atoms with E-state index in [4.69, 9.17) is 9.47 Å². The minimum absolute atomic E-state index is 0.282. The highest BCUT2D eigenvalue weighted by Crippen LogP contribution is 2.15. The van der Waals surface area contributed by atoms with Crippen molar-refractivity contribution in [2.45, 2.75) is 20.8 Å². The quantitative estimate of drug-likeness (QED) is 0.445. The fourth-order valence-electron chi connectivity index (χ4n) is 1.45. The molecule has 19 heavy (non-hydrogen) atoms. The predicted octanol–water partition coefficient (Wildman–Crippen LogP) is 3.61. The molecule has 0 radical (unpaired) electrons. The van der Waals surface area contributed by atoms with Crippen molar-refractivity contribution >= 4 is 12.0 Å². The summed E-state index contributed by atoms with van der Waals surface area (Å²) in [5.74, 6) is 0.528. The van der Waals surface area contributed by atoms with Crippen molar-refractivity contribution in [1.82, 2.24) is 0 Å². The van der Waals surface area contributed by atoms with Gasteiger partial charge in [0.15, 0.2) is 0 Å². The average molecular weight is 260 g/mol. The van der Waals surface area contributed by atoms with Gasteiger partial charge in [0.05, 0.1) is 6.61 Å². The summed E-state index contributed by atoms with van der Waals surface area (Å²) in [6, 6.07) is 7.59. The molecule has 0 aliphatic rings. The van der Waals surface area contributed by atoms with Gasteiger partial charge in [0.1, 0.15) is 12.4 Å². The second kappa shape index (κ2) is 8.14. The summed E-state index contributed by atoms with van der Waals surface area (Å²) in [5.41, 5.74) is 1.54. The van der Waals surface area contributed by atoms with Gasteiger partial charge in [-0.15, -0.1) is 0 Å². The Kier molecular flexibility index (Phi) is 6.44. The molecule has 0 aliphatic heterocycles. The van der Waals surface area contributed by atoms with Crippen molar-refractivity contribution in [2.24, 2.45) is 0 Å². The van der Waals surface area contributed by atoms with Crippen LogP contribution < -0.4 is 4.74 Å². The van der Waals surface area contributed by atoms with Gasteiger partial charge in [-0.2, -0.15) is 0 Å². The van der Waals surface area contributed by atoms with Crippen molar-refractivity contribution in [2.75, 3.05) is 13.2 Å². The molecule has 0 spiro atoms. The zero-order valence-electron chi connectivity index (χ0n) is 11.7. The molecule has 1 aromatic carbocycles. The summed E-state index contributed by atoms with van der Waals surface area (Å²) in [5, 5.41) is 0. The number of benzene rings is 1. The van der Waals surface area contributed by atoms with E-state index in [0.717, 1.165) is 11.3 Å². The lowest BCUT2D eigenvalue weighted by Gasteiger charge is -2.04. The molecule has 0 heterocycles. The number of carbonyl (C=O) groups excluding carboxylic acids is 1. The lowest BCUT2D eigenvalue weighted by atomic mass is 10.1. The van der Waals surface area contributed by atoms with Crippen LogP contribution in [0.2, 0.25) is 0 Å². The topological polar surface area (TPSA) is 35.5 Å². The Morgan fingerprint density at radius 1 is 1.26 bits per heavy atom. The van der Waals surface area contributed by atoms with Crippen molar-refractivity contribution in [1.29, 1.82) is 0 Å². The van der Waals surface area contributed by atoms with Gasteiger partial charge in [0.2, 0.25) is 0 Å². The zero-order valence-corrected chi connectivity index (χ0v) is 11.7. The fraction of sp³-hybridized carbons (Fsp3) is 0.312. The largest absolute Gasteiger partial charge is 0.490 e. The molecule has 0 amide bonds. The molecule has 1 aromatic rings. The molecule has 0 unspecified atom stereocenters. The maximum absolute atomic E-state index is 11.5. The summed E-state index contributed by atoms with van der Waals surface area (Å²) < 4.78 is 10.4. The van der Waals surface area contributed by atoms with E-state index in [1.165, 1.54) is 0 Å². The van der Waals surface area contributed by atoms with Crippen LogP contribution in [0.15, 0.2) is 42.0 Å². The van der Waals surface area contributed by atoms with Crippen LogP contribution in [0.5, 0.6) is 5.75 Å². The Morgan fingerprint density at radius 2 is 1.95 bits per heavy atom. The Labute approximate surface area is 114 Å². The van der Waals surface area contributed by atoms with Gasteiger partial charge in [-0.1, -0.05) is 24.3 Å². The summed E-state index contributed by atoms with van der Waals surface area (Å²) in [6.07, 6.45) is 5.69. The summed E-state index contributed by atoms with van der Waals surface area (Å²) in [4.78, 5) is 11.5. The third-order valence-electron chi connectivity index (χ3n) is 2.44. The molecule has 0 saturated heterocycles. The van der Waals surface area contributed by atoms with E-state index >= 15 is 0 Å². The predicted molar refractivity (Wildman–Crippen MR) is 77.0 cm³/mol. The SMILES string of the molecule is CC=CCOc1ccc(C=C(C)C(=O)OCC)cc1. The average Bonchev–Trinajstić information content (AvgIpc) is 2.41. The first-order valence-corrected chi connectivity index (χ1v) is 6.36. The van der Waals surface area contributed by atoms with Crippen molar-refractivity contribution in [3.8, 4) is 5.75 Å². The molecular formula is C16H20O3. The van der Waals surface area contributed by atoms with Crippen LogP contribution in [0.25, 0.3) is 6.08 Å². The van der Waals surface area contributed by atoms with Crippen molar-refractivity contribution in [3.05, 3.63) is 47.6 Å². The van der Waals surface area contributed by atoms with Gasteiger partial charge in [-0.3, -0.25) is 0 Å². The molecule has 0 N–H and O–H groups in total. The lowest BCUT2D eigenvalue weighted by Crippen LogP contribution is -2.04. The number of hydrogen-bond donors (Lipinski definition) is 0. The van der Waals surface area contributed by atoms with Crippen LogP contribution in [0.4, 0.5) is 0 Å². The van der Waals surface area contributed by atoms with Crippen LogP contribution in [0.3, 0.4) is 0 Å². The minimum atomic E-state index is -0.282. The second-order valence-corrected chi connectivity index (χ2v) is 4.00. The highest BCUT2D eigenvalue weighted by atomic mass is 16.5. The van der Waals surface area contributed by atoms with Gasteiger partial charge in [0.25, 0.3) is 0 Å². The van der Waals surface area contributed by atoms with Crippen LogP contribution in [0.1, 0.15) is 26.3 Å². The second-order valence-electron chi connectivity index (χ2n) is 4.00. The molecule has 3 heteroatoms. The standard InChI is InChI=1S/C16H20O3/c1-4-6-11-19-15-9-7-14(8-10-15)12-13(3)16(17)18-5-2/h4,6-10,12H,5,11H2,1-3H3.